The first-order valence-electron chi connectivity index (χ1n) is 9.39. The van der Waals surface area contributed by atoms with Gasteiger partial charge in [-0.05, 0) is 32.8 Å². The number of esters is 2. The van der Waals surface area contributed by atoms with Gasteiger partial charge in [0.15, 0.2) is 0 Å². The molecule has 1 aliphatic heterocycles. The quantitative estimate of drug-likeness (QED) is 0.441. The number of benzene rings is 1. The van der Waals surface area contributed by atoms with Crippen molar-refractivity contribution in [1.29, 1.82) is 0 Å². The van der Waals surface area contributed by atoms with Crippen LogP contribution >= 0.6 is 0 Å². The van der Waals surface area contributed by atoms with E-state index in [0.29, 0.717) is 22.4 Å². The summed E-state index contributed by atoms with van der Waals surface area (Å²) in [6.45, 7) is 5.28. The lowest BCUT2D eigenvalue weighted by molar-refractivity contribution is -0.145. The van der Waals surface area contributed by atoms with Gasteiger partial charge in [-0.1, -0.05) is 11.6 Å². The molecule has 0 bridgehead atoms. The van der Waals surface area contributed by atoms with Crippen LogP contribution < -0.4 is 9.46 Å². The summed E-state index contributed by atoms with van der Waals surface area (Å²) in [5, 5.41) is 10.2. The molecule has 166 valence electrons. The van der Waals surface area contributed by atoms with Crippen molar-refractivity contribution in [2.75, 3.05) is 20.0 Å². The summed E-state index contributed by atoms with van der Waals surface area (Å²) in [4.78, 5) is 24.3. The Labute approximate surface area is 176 Å². The van der Waals surface area contributed by atoms with Crippen LogP contribution in [0.15, 0.2) is 17.7 Å². The zero-order valence-electron chi connectivity index (χ0n) is 17.6. The van der Waals surface area contributed by atoms with Gasteiger partial charge in [-0.15, -0.1) is 0 Å². The van der Waals surface area contributed by atoms with Gasteiger partial charge in [-0.25, -0.2) is 17.9 Å². The average Bonchev–Trinajstić information content (AvgIpc) is 2.98. The Morgan fingerprint density at radius 2 is 2.10 bits per heavy atom. The zero-order chi connectivity index (χ0) is 22.6. The van der Waals surface area contributed by atoms with Gasteiger partial charge in [-0.3, -0.25) is 4.79 Å². The first kappa shape index (κ1) is 23.7. The van der Waals surface area contributed by atoms with Crippen LogP contribution in [0, 0.1) is 6.92 Å². The Bertz CT molecular complexity index is 968. The number of fused-ring (bicyclic) bond motifs is 1. The summed E-state index contributed by atoms with van der Waals surface area (Å²) < 4.78 is 41.0. The molecule has 0 fully saturated rings. The number of hydrogen-bond donors (Lipinski definition) is 2. The minimum absolute atomic E-state index is 0.0990. The molecule has 0 spiro atoms. The number of phenolic OH excluding ortho intramolecular Hbond substituents is 1. The van der Waals surface area contributed by atoms with E-state index in [-0.39, 0.29) is 30.8 Å². The van der Waals surface area contributed by atoms with E-state index in [0.717, 1.165) is 6.26 Å². The van der Waals surface area contributed by atoms with Crippen LogP contribution in [0.25, 0.3) is 0 Å². The fourth-order valence-corrected chi connectivity index (χ4v) is 4.09. The van der Waals surface area contributed by atoms with Crippen molar-refractivity contribution in [2.45, 2.75) is 45.8 Å². The predicted molar refractivity (Wildman–Crippen MR) is 109 cm³/mol. The van der Waals surface area contributed by atoms with Gasteiger partial charge in [0, 0.05) is 18.1 Å². The molecule has 2 N–H and O–H groups in total. The SMILES string of the molecule is CCOC(=O)C(CC(C)=CCC1OC(=O)c2c(O)cc(OC)c(C)c21)NS(C)(=O)=O. The summed E-state index contributed by atoms with van der Waals surface area (Å²) in [6.07, 6.45) is 2.48. The molecule has 0 radical (unpaired) electrons. The second-order valence-electron chi connectivity index (χ2n) is 7.09. The minimum Gasteiger partial charge on any atom is -0.507 e. The largest absolute Gasteiger partial charge is 0.507 e. The second kappa shape index (κ2) is 9.48. The molecule has 0 aromatic heterocycles. The van der Waals surface area contributed by atoms with Crippen LogP contribution in [0.5, 0.6) is 11.5 Å². The van der Waals surface area contributed by atoms with E-state index >= 15 is 0 Å². The highest BCUT2D eigenvalue weighted by molar-refractivity contribution is 7.88. The minimum atomic E-state index is -3.62. The van der Waals surface area contributed by atoms with E-state index in [9.17, 15) is 23.1 Å². The summed E-state index contributed by atoms with van der Waals surface area (Å²) >= 11 is 0. The fourth-order valence-electron chi connectivity index (χ4n) is 3.39. The predicted octanol–water partition coefficient (Wildman–Crippen LogP) is 2.13. The molecule has 1 aliphatic rings. The Morgan fingerprint density at radius 1 is 1.43 bits per heavy atom. The van der Waals surface area contributed by atoms with Crippen molar-refractivity contribution in [3.63, 3.8) is 0 Å². The van der Waals surface area contributed by atoms with Gasteiger partial charge in [0.05, 0.1) is 20.0 Å². The van der Waals surface area contributed by atoms with Crippen LogP contribution in [0.4, 0.5) is 0 Å². The molecule has 2 atom stereocenters. The summed E-state index contributed by atoms with van der Waals surface area (Å²) in [7, 11) is -2.15. The summed E-state index contributed by atoms with van der Waals surface area (Å²) in [5.74, 6) is -1.05. The number of carbonyl (C=O) groups excluding carboxylic acids is 2. The molecule has 2 unspecified atom stereocenters. The van der Waals surface area contributed by atoms with Crippen LogP contribution in [-0.2, 0) is 24.3 Å². The van der Waals surface area contributed by atoms with Gasteiger partial charge in [0.25, 0.3) is 0 Å². The monoisotopic (exact) mass is 441 g/mol. The number of nitrogens with one attached hydrogen (secondary N) is 1. The molecule has 0 saturated heterocycles. The Balaban J connectivity index is 2.23. The molecule has 2 rings (SSSR count). The highest BCUT2D eigenvalue weighted by Gasteiger charge is 2.36. The molecular weight excluding hydrogens is 414 g/mol. The third kappa shape index (κ3) is 5.51. The standard InChI is InChI=1S/C20H27NO8S/c1-6-28-19(23)13(21-30(5,25)26)9-11(2)7-8-15-17-12(3)16(27-4)10-14(22)18(17)20(24)29-15/h7,10,13,15,21-22H,6,8-9H2,1-5H3. The zero-order valence-corrected chi connectivity index (χ0v) is 18.5. The number of phenols is 1. The number of sulfonamides is 1. The van der Waals surface area contributed by atoms with E-state index in [2.05, 4.69) is 4.72 Å². The summed E-state index contributed by atoms with van der Waals surface area (Å²) in [6, 6.07) is 0.320. The van der Waals surface area contributed by atoms with Crippen molar-refractivity contribution < 1.29 is 37.3 Å². The molecular formula is C20H27NO8S. The van der Waals surface area contributed by atoms with Gasteiger partial charge in [0.1, 0.15) is 29.2 Å². The third-order valence-electron chi connectivity index (χ3n) is 4.70. The van der Waals surface area contributed by atoms with Gasteiger partial charge in [-0.2, -0.15) is 0 Å². The van der Waals surface area contributed by atoms with E-state index < -0.39 is 34.1 Å². The molecule has 10 heteroatoms. The first-order valence-corrected chi connectivity index (χ1v) is 11.3. The maximum Gasteiger partial charge on any atom is 0.342 e. The van der Waals surface area contributed by atoms with Crippen molar-refractivity contribution >= 4 is 22.0 Å². The number of carbonyl (C=O) groups is 2. The molecule has 0 aliphatic carbocycles. The Kier molecular flexibility index (Phi) is 7.49. The number of cyclic esters (lactones) is 1. The highest BCUT2D eigenvalue weighted by atomic mass is 32.2. The van der Waals surface area contributed by atoms with Crippen molar-refractivity contribution in [2.24, 2.45) is 0 Å². The topological polar surface area (TPSA) is 128 Å². The molecule has 1 aromatic rings. The van der Waals surface area contributed by atoms with Crippen molar-refractivity contribution in [3.05, 3.63) is 34.4 Å². The summed E-state index contributed by atoms with van der Waals surface area (Å²) in [5.41, 5.74) is 2.07. The van der Waals surface area contributed by atoms with Gasteiger partial charge >= 0.3 is 11.9 Å². The van der Waals surface area contributed by atoms with Gasteiger partial charge in [0.2, 0.25) is 10.0 Å². The van der Waals surface area contributed by atoms with Crippen molar-refractivity contribution in [3.8, 4) is 11.5 Å². The lowest BCUT2D eigenvalue weighted by Gasteiger charge is -2.17. The van der Waals surface area contributed by atoms with E-state index in [1.54, 1.807) is 26.8 Å². The van der Waals surface area contributed by atoms with E-state index in [1.165, 1.54) is 13.2 Å². The fraction of sp³-hybridized carbons (Fsp3) is 0.500. The molecule has 30 heavy (non-hydrogen) atoms. The lowest BCUT2D eigenvalue weighted by atomic mass is 9.95. The van der Waals surface area contributed by atoms with Crippen LogP contribution in [0.1, 0.15) is 54.3 Å². The Morgan fingerprint density at radius 3 is 2.67 bits per heavy atom. The third-order valence-corrected chi connectivity index (χ3v) is 5.41. The van der Waals surface area contributed by atoms with E-state index in [4.69, 9.17) is 14.2 Å². The average molecular weight is 442 g/mol. The maximum absolute atomic E-state index is 12.2. The normalized spacial score (nSPS) is 17.3. The van der Waals surface area contributed by atoms with Crippen LogP contribution in [0.3, 0.4) is 0 Å². The molecule has 1 aromatic carbocycles. The maximum atomic E-state index is 12.2. The number of rotatable bonds is 9. The highest BCUT2D eigenvalue weighted by Crippen LogP contribution is 2.44. The van der Waals surface area contributed by atoms with Crippen LogP contribution in [0.2, 0.25) is 0 Å². The number of methoxy groups -OCH3 is 1. The van der Waals surface area contributed by atoms with Crippen LogP contribution in [-0.4, -0.2) is 51.5 Å². The molecule has 0 saturated carbocycles. The number of ether oxygens (including phenoxy) is 3. The first-order chi connectivity index (χ1) is 14.0. The smallest absolute Gasteiger partial charge is 0.342 e. The molecule has 0 amide bonds. The Hall–Kier alpha value is -2.59. The molecule has 9 nitrogen and oxygen atoms in total. The lowest BCUT2D eigenvalue weighted by Crippen LogP contribution is -2.41. The van der Waals surface area contributed by atoms with Crippen molar-refractivity contribution in [1.82, 2.24) is 4.72 Å². The second-order valence-corrected chi connectivity index (χ2v) is 8.87. The van der Waals surface area contributed by atoms with E-state index in [1.807, 2.05) is 0 Å². The molecule has 1 heterocycles. The number of aromatic hydroxyl groups is 1. The number of hydrogen-bond acceptors (Lipinski definition) is 8. The van der Waals surface area contributed by atoms with Gasteiger partial charge < -0.3 is 19.3 Å².